The van der Waals surface area contributed by atoms with Gasteiger partial charge in [-0.2, -0.15) is 0 Å². The Labute approximate surface area is 45.2 Å². The first-order valence-corrected chi connectivity index (χ1v) is 2.80. The standard InChI is InChI=1S/C7H11/c1-6-3-4-7(2)5-6/h3,7H,1,4-5H2,2H3. The van der Waals surface area contributed by atoms with Gasteiger partial charge >= 0.3 is 0 Å². The van der Waals surface area contributed by atoms with E-state index in [0.717, 1.165) is 5.92 Å². The van der Waals surface area contributed by atoms with Gasteiger partial charge in [0.05, 0.1) is 0 Å². The summed E-state index contributed by atoms with van der Waals surface area (Å²) in [5, 5.41) is 0. The van der Waals surface area contributed by atoms with Crippen molar-refractivity contribution >= 4 is 0 Å². The Morgan fingerprint density at radius 3 is 2.71 bits per heavy atom. The topological polar surface area (TPSA) is 0 Å². The van der Waals surface area contributed by atoms with Gasteiger partial charge in [-0.05, 0) is 25.7 Å². The summed E-state index contributed by atoms with van der Waals surface area (Å²) in [5.74, 6) is 0.868. The second-order valence-corrected chi connectivity index (χ2v) is 2.41. The van der Waals surface area contributed by atoms with E-state index in [1.54, 1.807) is 0 Å². The summed E-state index contributed by atoms with van der Waals surface area (Å²) in [5.41, 5.74) is 1.33. The molecule has 0 heterocycles. The molecule has 0 aliphatic heterocycles. The van der Waals surface area contributed by atoms with Gasteiger partial charge in [-0.25, -0.2) is 0 Å². The van der Waals surface area contributed by atoms with E-state index < -0.39 is 0 Å². The number of rotatable bonds is 0. The largest absolute Gasteiger partial charge is 0.0850 e. The predicted octanol–water partition coefficient (Wildman–Crippen LogP) is 2.18. The van der Waals surface area contributed by atoms with E-state index in [9.17, 15) is 0 Å². The van der Waals surface area contributed by atoms with Crippen LogP contribution >= 0.6 is 0 Å². The average Bonchev–Trinajstić information content (AvgIpc) is 1.87. The number of hydrogen-bond acceptors (Lipinski definition) is 0. The Balaban J connectivity index is 2.42. The molecule has 39 valence electrons. The molecule has 1 aliphatic carbocycles. The first kappa shape index (κ1) is 4.89. The first-order valence-electron chi connectivity index (χ1n) is 2.80. The minimum Gasteiger partial charge on any atom is -0.0850 e. The molecular formula is C7H11. The van der Waals surface area contributed by atoms with Gasteiger partial charge in [0.2, 0.25) is 0 Å². The van der Waals surface area contributed by atoms with Crippen LogP contribution in [0.15, 0.2) is 11.6 Å². The highest BCUT2D eigenvalue weighted by molar-refractivity contribution is 5.11. The molecule has 0 saturated heterocycles. The highest BCUT2D eigenvalue weighted by Gasteiger charge is 2.06. The molecule has 0 nitrogen and oxygen atoms in total. The predicted molar refractivity (Wildman–Crippen MR) is 31.8 cm³/mol. The summed E-state index contributed by atoms with van der Waals surface area (Å²) in [6.07, 6.45) is 4.70. The van der Waals surface area contributed by atoms with E-state index in [2.05, 4.69) is 19.9 Å². The zero-order valence-corrected chi connectivity index (χ0v) is 4.78. The summed E-state index contributed by atoms with van der Waals surface area (Å²) in [6, 6.07) is 0. The van der Waals surface area contributed by atoms with Gasteiger partial charge in [0.1, 0.15) is 0 Å². The molecular weight excluding hydrogens is 84.1 g/mol. The third-order valence-electron chi connectivity index (χ3n) is 1.42. The molecule has 0 aromatic heterocycles. The molecule has 1 unspecified atom stereocenters. The smallest absolute Gasteiger partial charge is 0.0283 e. The van der Waals surface area contributed by atoms with Crippen LogP contribution in [0, 0.1) is 12.8 Å². The van der Waals surface area contributed by atoms with Gasteiger partial charge in [0, 0.05) is 0 Å². The normalized spacial score (nSPS) is 30.6. The molecule has 0 aromatic carbocycles. The highest BCUT2D eigenvalue weighted by atomic mass is 14.1. The minimum atomic E-state index is 0.868. The third-order valence-corrected chi connectivity index (χ3v) is 1.42. The van der Waals surface area contributed by atoms with Crippen molar-refractivity contribution in [3.05, 3.63) is 18.6 Å². The van der Waals surface area contributed by atoms with Gasteiger partial charge < -0.3 is 0 Å². The van der Waals surface area contributed by atoms with Crippen molar-refractivity contribution in [1.29, 1.82) is 0 Å². The maximum atomic E-state index is 3.85. The molecule has 1 aliphatic rings. The van der Waals surface area contributed by atoms with Crippen molar-refractivity contribution in [3.63, 3.8) is 0 Å². The number of allylic oxidation sites excluding steroid dienone is 2. The van der Waals surface area contributed by atoms with Gasteiger partial charge in [-0.15, -0.1) is 0 Å². The molecule has 0 spiro atoms. The summed E-state index contributed by atoms with van der Waals surface area (Å²) in [7, 11) is 0. The molecule has 0 bridgehead atoms. The molecule has 0 heteroatoms. The van der Waals surface area contributed by atoms with Crippen LogP contribution in [0.1, 0.15) is 19.8 Å². The lowest BCUT2D eigenvalue weighted by Crippen LogP contribution is -1.82. The fourth-order valence-corrected chi connectivity index (χ4v) is 0.982. The molecule has 1 rings (SSSR count). The van der Waals surface area contributed by atoms with Crippen LogP contribution < -0.4 is 0 Å². The van der Waals surface area contributed by atoms with Crippen molar-refractivity contribution in [2.75, 3.05) is 0 Å². The highest BCUT2D eigenvalue weighted by Crippen LogP contribution is 2.22. The van der Waals surface area contributed by atoms with Crippen molar-refractivity contribution in [3.8, 4) is 0 Å². The molecule has 0 amide bonds. The Kier molecular flexibility index (Phi) is 1.18. The van der Waals surface area contributed by atoms with Crippen LogP contribution in [0.3, 0.4) is 0 Å². The van der Waals surface area contributed by atoms with E-state index >= 15 is 0 Å². The lowest BCUT2D eigenvalue weighted by molar-refractivity contribution is 0.631. The van der Waals surface area contributed by atoms with Gasteiger partial charge in [0.25, 0.3) is 0 Å². The van der Waals surface area contributed by atoms with E-state index in [1.807, 2.05) is 0 Å². The second kappa shape index (κ2) is 1.69. The van der Waals surface area contributed by atoms with Crippen LogP contribution in [0.5, 0.6) is 0 Å². The second-order valence-electron chi connectivity index (χ2n) is 2.41. The summed E-state index contributed by atoms with van der Waals surface area (Å²) >= 11 is 0. The van der Waals surface area contributed by atoms with Crippen LogP contribution in [0.4, 0.5) is 0 Å². The fourth-order valence-electron chi connectivity index (χ4n) is 0.982. The lowest BCUT2D eigenvalue weighted by Gasteiger charge is -1.95. The Morgan fingerprint density at radius 2 is 2.57 bits per heavy atom. The van der Waals surface area contributed by atoms with Crippen molar-refractivity contribution in [2.24, 2.45) is 5.92 Å². The van der Waals surface area contributed by atoms with E-state index in [0.29, 0.717) is 0 Å². The van der Waals surface area contributed by atoms with Crippen LogP contribution in [-0.4, -0.2) is 0 Å². The maximum absolute atomic E-state index is 3.85. The molecule has 7 heavy (non-hydrogen) atoms. The zero-order chi connectivity index (χ0) is 5.28. The third kappa shape index (κ3) is 1.05. The molecule has 1 atom stereocenters. The van der Waals surface area contributed by atoms with Crippen molar-refractivity contribution in [1.82, 2.24) is 0 Å². The monoisotopic (exact) mass is 95.1 g/mol. The zero-order valence-electron chi connectivity index (χ0n) is 4.78. The summed E-state index contributed by atoms with van der Waals surface area (Å²) < 4.78 is 0. The molecule has 0 saturated carbocycles. The Hall–Kier alpha value is -0.260. The van der Waals surface area contributed by atoms with E-state index in [4.69, 9.17) is 0 Å². The minimum absolute atomic E-state index is 0.868. The SMILES string of the molecule is [CH2]C1=CCC(C)C1. The van der Waals surface area contributed by atoms with Gasteiger partial charge in [-0.3, -0.25) is 0 Å². The van der Waals surface area contributed by atoms with Crippen LogP contribution in [-0.2, 0) is 0 Å². The summed E-state index contributed by atoms with van der Waals surface area (Å²) in [6.45, 7) is 6.11. The Bertz CT molecular complexity index is 90.2. The van der Waals surface area contributed by atoms with Crippen molar-refractivity contribution in [2.45, 2.75) is 19.8 Å². The Morgan fingerprint density at radius 1 is 1.86 bits per heavy atom. The van der Waals surface area contributed by atoms with Crippen molar-refractivity contribution < 1.29 is 0 Å². The van der Waals surface area contributed by atoms with Crippen LogP contribution in [0.2, 0.25) is 0 Å². The molecule has 0 N–H and O–H groups in total. The first-order chi connectivity index (χ1) is 3.29. The summed E-state index contributed by atoms with van der Waals surface area (Å²) in [4.78, 5) is 0. The molecule has 0 aromatic rings. The lowest BCUT2D eigenvalue weighted by atomic mass is 10.1. The maximum Gasteiger partial charge on any atom is -0.0283 e. The molecule has 0 fully saturated rings. The van der Waals surface area contributed by atoms with Gasteiger partial charge in [-0.1, -0.05) is 18.6 Å². The van der Waals surface area contributed by atoms with E-state index in [-0.39, 0.29) is 0 Å². The quantitative estimate of drug-likeness (QED) is 0.432. The van der Waals surface area contributed by atoms with Crippen LogP contribution in [0.25, 0.3) is 0 Å². The molecule has 1 radical (unpaired) electrons. The van der Waals surface area contributed by atoms with E-state index in [1.165, 1.54) is 18.4 Å². The fraction of sp³-hybridized carbons (Fsp3) is 0.571. The van der Waals surface area contributed by atoms with Gasteiger partial charge in [0.15, 0.2) is 0 Å². The average molecular weight is 95.2 g/mol. The number of hydrogen-bond donors (Lipinski definition) is 0.